The summed E-state index contributed by atoms with van der Waals surface area (Å²) in [6, 6.07) is 1.19. The van der Waals surface area contributed by atoms with Crippen LogP contribution in [0.1, 0.15) is 16.2 Å². The van der Waals surface area contributed by atoms with Crippen LogP contribution < -0.4 is 10.6 Å². The first-order chi connectivity index (χ1) is 8.50. The highest BCUT2D eigenvalue weighted by atomic mass is 16.5. The van der Waals surface area contributed by atoms with Crippen LogP contribution in [0.25, 0.3) is 0 Å². The molecule has 1 aromatic rings. The summed E-state index contributed by atoms with van der Waals surface area (Å²) in [6.07, 6.45) is 0. The zero-order chi connectivity index (χ0) is 13.5. The van der Waals surface area contributed by atoms with Gasteiger partial charge in [0, 0.05) is 33.3 Å². The molecule has 3 N–H and O–H groups in total. The molecule has 0 aliphatic carbocycles. The van der Waals surface area contributed by atoms with Crippen LogP contribution in [-0.2, 0) is 6.54 Å². The number of carboxylic acids is 1. The molecule has 0 spiro atoms. The number of aromatic nitrogens is 1. The number of aromatic carboxylic acids is 1. The second-order valence-electron chi connectivity index (χ2n) is 3.79. The van der Waals surface area contributed by atoms with E-state index in [0.717, 1.165) is 0 Å². The maximum atomic E-state index is 11.1. The Hall–Kier alpha value is -2.09. The number of hydrogen-bond acceptors (Lipinski definition) is 5. The molecule has 0 saturated carbocycles. The minimum absolute atomic E-state index is 0.118. The van der Waals surface area contributed by atoms with Gasteiger partial charge in [0.25, 0.3) is 0 Å². The lowest BCUT2D eigenvalue weighted by Crippen LogP contribution is -2.38. The third kappa shape index (κ3) is 4.42. The molecule has 0 unspecified atom stereocenters. The molecule has 0 bridgehead atoms. The number of nitrogens with one attached hydrogen (secondary N) is 2. The van der Waals surface area contributed by atoms with Crippen LogP contribution in [0.5, 0.6) is 0 Å². The van der Waals surface area contributed by atoms with E-state index in [0.29, 0.717) is 25.4 Å². The second-order valence-corrected chi connectivity index (χ2v) is 3.79. The van der Waals surface area contributed by atoms with Crippen LogP contribution in [0.15, 0.2) is 10.6 Å². The van der Waals surface area contributed by atoms with Gasteiger partial charge in [0.2, 0.25) is 0 Å². The van der Waals surface area contributed by atoms with E-state index in [1.54, 1.807) is 14.1 Å². The molecule has 0 fully saturated rings. The number of amides is 2. The first-order valence-corrected chi connectivity index (χ1v) is 5.35. The highest BCUT2D eigenvalue weighted by Gasteiger charge is 2.09. The van der Waals surface area contributed by atoms with Crippen molar-refractivity contribution in [3.63, 3.8) is 0 Å². The molecule has 0 aromatic carbocycles. The maximum absolute atomic E-state index is 11.1. The standard InChI is InChI=1S/C10H16N4O4/c1-14(2)10(17)12-4-3-11-6-7-5-8(9(15)16)13-18-7/h5,11H,3-4,6H2,1-2H3,(H,12,17)(H,15,16). The van der Waals surface area contributed by atoms with E-state index in [9.17, 15) is 9.59 Å². The SMILES string of the molecule is CN(C)C(=O)NCCNCc1cc(C(=O)O)no1. The van der Waals surface area contributed by atoms with Crippen LogP contribution in [0.3, 0.4) is 0 Å². The molecule has 1 rings (SSSR count). The number of urea groups is 1. The van der Waals surface area contributed by atoms with Gasteiger partial charge >= 0.3 is 12.0 Å². The maximum Gasteiger partial charge on any atom is 0.358 e. The molecule has 8 nitrogen and oxygen atoms in total. The zero-order valence-electron chi connectivity index (χ0n) is 10.3. The molecular formula is C10H16N4O4. The lowest BCUT2D eigenvalue weighted by molar-refractivity contribution is 0.0685. The number of carbonyl (C=O) groups is 2. The third-order valence-electron chi connectivity index (χ3n) is 2.06. The van der Waals surface area contributed by atoms with E-state index in [1.807, 2.05) is 0 Å². The molecule has 18 heavy (non-hydrogen) atoms. The van der Waals surface area contributed by atoms with E-state index in [1.165, 1.54) is 11.0 Å². The van der Waals surface area contributed by atoms with Gasteiger partial charge in [0.15, 0.2) is 11.5 Å². The van der Waals surface area contributed by atoms with Crippen molar-refractivity contribution >= 4 is 12.0 Å². The molecule has 8 heteroatoms. The van der Waals surface area contributed by atoms with Crippen LogP contribution in [-0.4, -0.2) is 54.3 Å². The van der Waals surface area contributed by atoms with E-state index >= 15 is 0 Å². The fourth-order valence-corrected chi connectivity index (χ4v) is 1.12. The Labute approximate surface area is 104 Å². The predicted octanol–water partition coefficient (Wildman–Crippen LogP) is -0.266. The molecule has 100 valence electrons. The third-order valence-corrected chi connectivity index (χ3v) is 2.06. The summed E-state index contributed by atoms with van der Waals surface area (Å²) in [6.45, 7) is 1.37. The van der Waals surface area contributed by atoms with E-state index < -0.39 is 5.97 Å². The molecule has 0 saturated heterocycles. The largest absolute Gasteiger partial charge is 0.476 e. The van der Waals surface area contributed by atoms with Gasteiger partial charge in [-0.2, -0.15) is 0 Å². The quantitative estimate of drug-likeness (QED) is 0.605. The van der Waals surface area contributed by atoms with E-state index in [-0.39, 0.29) is 11.7 Å². The number of nitrogens with zero attached hydrogens (tertiary/aromatic N) is 2. The number of carboxylic acid groups (broad SMARTS) is 1. The summed E-state index contributed by atoms with van der Waals surface area (Å²) in [5.74, 6) is -0.686. The number of hydrogen-bond donors (Lipinski definition) is 3. The van der Waals surface area contributed by atoms with Gasteiger partial charge in [-0.05, 0) is 0 Å². The van der Waals surface area contributed by atoms with Gasteiger partial charge in [-0.15, -0.1) is 0 Å². The summed E-state index contributed by atoms with van der Waals surface area (Å²) in [7, 11) is 3.31. The molecule has 1 aromatic heterocycles. The number of carbonyl (C=O) groups excluding carboxylic acids is 1. The Balaban J connectivity index is 2.18. The highest BCUT2D eigenvalue weighted by Crippen LogP contribution is 2.02. The minimum Gasteiger partial charge on any atom is -0.476 e. The van der Waals surface area contributed by atoms with Crippen molar-refractivity contribution in [2.75, 3.05) is 27.2 Å². The van der Waals surface area contributed by atoms with Gasteiger partial charge < -0.3 is 25.2 Å². The molecule has 0 radical (unpaired) electrons. The zero-order valence-corrected chi connectivity index (χ0v) is 10.3. The van der Waals surface area contributed by atoms with Crippen molar-refractivity contribution in [1.29, 1.82) is 0 Å². The minimum atomic E-state index is -1.12. The summed E-state index contributed by atoms with van der Waals surface area (Å²) in [5, 5.41) is 17.7. The fourth-order valence-electron chi connectivity index (χ4n) is 1.12. The van der Waals surface area contributed by atoms with E-state index in [4.69, 9.17) is 9.63 Å². The van der Waals surface area contributed by atoms with Crippen LogP contribution in [0.2, 0.25) is 0 Å². The van der Waals surface area contributed by atoms with Gasteiger partial charge in [-0.1, -0.05) is 5.16 Å². The van der Waals surface area contributed by atoms with Gasteiger partial charge in [0.1, 0.15) is 0 Å². The van der Waals surface area contributed by atoms with Gasteiger partial charge in [-0.3, -0.25) is 0 Å². The molecule has 0 atom stereocenters. The molecule has 1 heterocycles. The van der Waals surface area contributed by atoms with Crippen molar-refractivity contribution < 1.29 is 19.2 Å². The van der Waals surface area contributed by atoms with Gasteiger partial charge in [-0.25, -0.2) is 9.59 Å². The van der Waals surface area contributed by atoms with Crippen LogP contribution in [0, 0.1) is 0 Å². The van der Waals surface area contributed by atoms with Crippen molar-refractivity contribution in [3.05, 3.63) is 17.5 Å². The first-order valence-electron chi connectivity index (χ1n) is 5.35. The van der Waals surface area contributed by atoms with Crippen molar-refractivity contribution in [1.82, 2.24) is 20.7 Å². The van der Waals surface area contributed by atoms with Crippen molar-refractivity contribution in [2.45, 2.75) is 6.54 Å². The lowest BCUT2D eigenvalue weighted by atomic mass is 10.3. The molecular weight excluding hydrogens is 240 g/mol. The monoisotopic (exact) mass is 256 g/mol. The Morgan fingerprint density at radius 2 is 2.17 bits per heavy atom. The highest BCUT2D eigenvalue weighted by molar-refractivity contribution is 5.85. The Morgan fingerprint density at radius 3 is 2.72 bits per heavy atom. The molecule has 2 amide bonds. The predicted molar refractivity (Wildman–Crippen MR) is 62.3 cm³/mol. The summed E-state index contributed by atoms with van der Waals surface area (Å²) in [4.78, 5) is 23.1. The second kappa shape index (κ2) is 6.60. The van der Waals surface area contributed by atoms with Crippen molar-refractivity contribution in [2.24, 2.45) is 0 Å². The van der Waals surface area contributed by atoms with Crippen LogP contribution in [0.4, 0.5) is 4.79 Å². The topological polar surface area (TPSA) is 108 Å². The smallest absolute Gasteiger partial charge is 0.358 e. The van der Waals surface area contributed by atoms with Crippen LogP contribution >= 0.6 is 0 Å². The van der Waals surface area contributed by atoms with Gasteiger partial charge in [0.05, 0.1) is 6.54 Å². The average Bonchev–Trinajstić information content (AvgIpc) is 2.77. The van der Waals surface area contributed by atoms with E-state index in [2.05, 4.69) is 15.8 Å². The Kier molecular flexibility index (Phi) is 5.12. The first kappa shape index (κ1) is 14.0. The summed E-state index contributed by atoms with van der Waals surface area (Å²) in [5.41, 5.74) is -0.118. The fraction of sp³-hybridized carbons (Fsp3) is 0.500. The van der Waals surface area contributed by atoms with Crippen molar-refractivity contribution in [3.8, 4) is 0 Å². The average molecular weight is 256 g/mol. The molecule has 0 aliphatic heterocycles. The normalized spacial score (nSPS) is 10.1. The Morgan fingerprint density at radius 1 is 1.44 bits per heavy atom. The summed E-state index contributed by atoms with van der Waals surface area (Å²) < 4.78 is 4.80. The summed E-state index contributed by atoms with van der Waals surface area (Å²) >= 11 is 0. The lowest BCUT2D eigenvalue weighted by Gasteiger charge is -2.11. The number of rotatable bonds is 6. The Bertz CT molecular complexity index is 416. The molecule has 0 aliphatic rings.